The lowest BCUT2D eigenvalue weighted by molar-refractivity contribution is -0.230. The second-order valence-corrected chi connectivity index (χ2v) is 7.47. The molecule has 3 heterocycles. The summed E-state index contributed by atoms with van der Waals surface area (Å²) in [7, 11) is 1.54. The average molecular weight is 403 g/mol. The van der Waals surface area contributed by atoms with Gasteiger partial charge in [-0.05, 0) is 31.5 Å². The third-order valence-corrected chi connectivity index (χ3v) is 4.94. The molecule has 2 aliphatic heterocycles. The van der Waals surface area contributed by atoms with Crippen molar-refractivity contribution in [1.82, 2.24) is 5.32 Å². The predicted molar refractivity (Wildman–Crippen MR) is 101 cm³/mol. The van der Waals surface area contributed by atoms with Gasteiger partial charge in [0.15, 0.2) is 12.1 Å². The van der Waals surface area contributed by atoms with Crippen LogP contribution in [0, 0.1) is 0 Å². The average Bonchev–Trinajstić information content (AvgIpc) is 3.41. The molecule has 2 saturated heterocycles. The van der Waals surface area contributed by atoms with Crippen LogP contribution in [0.2, 0.25) is 0 Å². The first kappa shape index (κ1) is 19.9. The van der Waals surface area contributed by atoms with Gasteiger partial charge in [-0.15, -0.1) is 0 Å². The van der Waals surface area contributed by atoms with Crippen LogP contribution < -0.4 is 5.32 Å². The van der Waals surface area contributed by atoms with Gasteiger partial charge in [0.05, 0.1) is 6.26 Å². The molecule has 29 heavy (non-hydrogen) atoms. The van der Waals surface area contributed by atoms with E-state index in [1.54, 1.807) is 19.2 Å². The number of carbonyl (C=O) groups is 1. The number of nitrogens with one attached hydrogen (secondary N) is 1. The molecule has 2 aromatic rings. The third kappa shape index (κ3) is 4.30. The van der Waals surface area contributed by atoms with Crippen molar-refractivity contribution < 1.29 is 32.9 Å². The van der Waals surface area contributed by atoms with Crippen LogP contribution in [0.5, 0.6) is 0 Å². The molecule has 1 aromatic carbocycles. The van der Waals surface area contributed by atoms with Gasteiger partial charge in [0.1, 0.15) is 36.7 Å². The fourth-order valence-corrected chi connectivity index (χ4v) is 3.72. The summed E-state index contributed by atoms with van der Waals surface area (Å²) in [5, 5.41) is 2.85. The first-order valence-corrected chi connectivity index (χ1v) is 9.51. The smallest absolute Gasteiger partial charge is 0.408 e. The maximum Gasteiger partial charge on any atom is 0.408 e. The zero-order chi connectivity index (χ0) is 20.4. The Labute approximate surface area is 169 Å². The van der Waals surface area contributed by atoms with Crippen LogP contribution in [-0.4, -0.2) is 43.6 Å². The fraction of sp³-hybridized carbons (Fsp3) is 0.476. The second kappa shape index (κ2) is 8.16. The third-order valence-electron chi connectivity index (χ3n) is 4.94. The van der Waals surface area contributed by atoms with E-state index >= 15 is 0 Å². The standard InChI is InChI=1S/C21H25NO7/c1-21(2)28-17-16(27-19(24-3)18(17)29-21)15(14-10-7-11-25-14)22-20(23)26-12-13-8-5-4-6-9-13/h4-11,15-19H,12H2,1-3H3,(H,22,23)/t15-,16-,17-,18-,19-/m1/s1. The topological polar surface area (TPSA) is 88.4 Å². The van der Waals surface area contributed by atoms with E-state index in [1.807, 2.05) is 44.2 Å². The van der Waals surface area contributed by atoms with Crippen LogP contribution in [0.3, 0.4) is 0 Å². The van der Waals surface area contributed by atoms with E-state index in [0.717, 1.165) is 5.56 Å². The quantitative estimate of drug-likeness (QED) is 0.793. The van der Waals surface area contributed by atoms with Crippen molar-refractivity contribution in [3.8, 4) is 0 Å². The number of alkyl carbamates (subject to hydrolysis) is 1. The molecule has 8 heteroatoms. The first-order chi connectivity index (χ1) is 14.0. The Morgan fingerprint density at radius 3 is 2.59 bits per heavy atom. The fourth-order valence-electron chi connectivity index (χ4n) is 3.72. The summed E-state index contributed by atoms with van der Waals surface area (Å²) in [5.41, 5.74) is 0.892. The lowest BCUT2D eigenvalue weighted by atomic mass is 10.0. The van der Waals surface area contributed by atoms with Crippen molar-refractivity contribution in [3.63, 3.8) is 0 Å². The summed E-state index contributed by atoms with van der Waals surface area (Å²) < 4.78 is 34.4. The van der Waals surface area contributed by atoms with Gasteiger partial charge in [0, 0.05) is 7.11 Å². The zero-order valence-electron chi connectivity index (χ0n) is 16.6. The van der Waals surface area contributed by atoms with Gasteiger partial charge < -0.3 is 33.4 Å². The number of hydrogen-bond acceptors (Lipinski definition) is 7. The number of methoxy groups -OCH3 is 1. The molecule has 1 aromatic heterocycles. The van der Waals surface area contributed by atoms with Crippen LogP contribution in [0.4, 0.5) is 4.79 Å². The predicted octanol–water partition coefficient (Wildman–Crippen LogP) is 3.14. The van der Waals surface area contributed by atoms with Gasteiger partial charge in [-0.3, -0.25) is 0 Å². The minimum Gasteiger partial charge on any atom is -0.467 e. The number of fused-ring (bicyclic) bond motifs is 1. The molecule has 1 amide bonds. The molecule has 0 saturated carbocycles. The molecule has 0 radical (unpaired) electrons. The van der Waals surface area contributed by atoms with Crippen molar-refractivity contribution in [2.45, 2.75) is 56.9 Å². The van der Waals surface area contributed by atoms with Crippen molar-refractivity contribution >= 4 is 6.09 Å². The van der Waals surface area contributed by atoms with Crippen molar-refractivity contribution in [1.29, 1.82) is 0 Å². The number of benzene rings is 1. The Morgan fingerprint density at radius 2 is 1.90 bits per heavy atom. The number of carbonyl (C=O) groups excluding carboxylic acids is 1. The molecule has 0 aliphatic carbocycles. The zero-order valence-corrected chi connectivity index (χ0v) is 16.6. The van der Waals surface area contributed by atoms with E-state index in [-0.39, 0.29) is 6.61 Å². The van der Waals surface area contributed by atoms with Crippen LogP contribution in [0.15, 0.2) is 53.1 Å². The number of rotatable bonds is 6. The molecule has 8 nitrogen and oxygen atoms in total. The number of amides is 1. The van der Waals surface area contributed by atoms with E-state index in [4.69, 9.17) is 28.1 Å². The van der Waals surface area contributed by atoms with Gasteiger partial charge in [-0.2, -0.15) is 0 Å². The lowest BCUT2D eigenvalue weighted by Gasteiger charge is -2.28. The Hall–Kier alpha value is -2.39. The minimum absolute atomic E-state index is 0.155. The molecule has 0 bridgehead atoms. The molecular formula is C21H25NO7. The SMILES string of the molecule is CO[C@@H]1O[C@H]([C@H](NC(=O)OCc2ccccc2)c2ccco2)[C@H]2OC(C)(C)O[C@@H]12. The second-order valence-electron chi connectivity index (χ2n) is 7.47. The monoisotopic (exact) mass is 403 g/mol. The van der Waals surface area contributed by atoms with E-state index in [0.29, 0.717) is 5.76 Å². The Bertz CT molecular complexity index is 808. The molecule has 4 rings (SSSR count). The summed E-state index contributed by atoms with van der Waals surface area (Å²) in [6, 6.07) is 12.3. The normalized spacial score (nSPS) is 28.7. The van der Waals surface area contributed by atoms with E-state index in [9.17, 15) is 4.79 Å². The summed E-state index contributed by atoms with van der Waals surface area (Å²) >= 11 is 0. The van der Waals surface area contributed by atoms with Gasteiger partial charge in [-0.25, -0.2) is 4.79 Å². The highest BCUT2D eigenvalue weighted by atomic mass is 16.8. The van der Waals surface area contributed by atoms with E-state index in [2.05, 4.69) is 5.32 Å². The Morgan fingerprint density at radius 1 is 1.14 bits per heavy atom. The van der Waals surface area contributed by atoms with Crippen molar-refractivity contribution in [2.75, 3.05) is 7.11 Å². The lowest BCUT2D eigenvalue weighted by Crippen LogP contribution is -2.43. The number of furan rings is 1. The van der Waals surface area contributed by atoms with Crippen molar-refractivity contribution in [2.24, 2.45) is 0 Å². The Balaban J connectivity index is 1.50. The van der Waals surface area contributed by atoms with Gasteiger partial charge in [0.25, 0.3) is 0 Å². The van der Waals surface area contributed by atoms with E-state index < -0.39 is 42.5 Å². The molecule has 156 valence electrons. The summed E-state index contributed by atoms with van der Waals surface area (Å²) in [5.74, 6) is -0.258. The maximum atomic E-state index is 12.5. The Kier molecular flexibility index (Phi) is 5.60. The number of ether oxygens (including phenoxy) is 5. The summed E-state index contributed by atoms with van der Waals surface area (Å²) in [6.45, 7) is 3.82. The first-order valence-electron chi connectivity index (χ1n) is 9.51. The minimum atomic E-state index is -0.782. The molecule has 2 aliphatic rings. The van der Waals surface area contributed by atoms with Crippen LogP contribution in [0.1, 0.15) is 31.2 Å². The van der Waals surface area contributed by atoms with Crippen LogP contribution >= 0.6 is 0 Å². The molecule has 0 unspecified atom stereocenters. The largest absolute Gasteiger partial charge is 0.467 e. The van der Waals surface area contributed by atoms with Crippen LogP contribution in [-0.2, 0) is 30.3 Å². The van der Waals surface area contributed by atoms with Gasteiger partial charge in [0.2, 0.25) is 0 Å². The maximum absolute atomic E-state index is 12.5. The molecule has 0 spiro atoms. The number of hydrogen-bond donors (Lipinski definition) is 1. The highest BCUT2D eigenvalue weighted by Gasteiger charge is 2.58. The molecule has 2 fully saturated rings. The van der Waals surface area contributed by atoms with Crippen LogP contribution in [0.25, 0.3) is 0 Å². The highest BCUT2D eigenvalue weighted by Crippen LogP contribution is 2.42. The summed E-state index contributed by atoms with van der Waals surface area (Å²) in [4.78, 5) is 12.5. The van der Waals surface area contributed by atoms with E-state index in [1.165, 1.54) is 6.26 Å². The van der Waals surface area contributed by atoms with Gasteiger partial charge in [-0.1, -0.05) is 30.3 Å². The summed E-state index contributed by atoms with van der Waals surface area (Å²) in [6.07, 6.45) is -1.11. The van der Waals surface area contributed by atoms with Crippen molar-refractivity contribution in [3.05, 3.63) is 60.1 Å². The molecular weight excluding hydrogens is 378 g/mol. The van der Waals surface area contributed by atoms with Gasteiger partial charge >= 0.3 is 6.09 Å². The molecule has 5 atom stereocenters. The molecule has 1 N–H and O–H groups in total. The highest BCUT2D eigenvalue weighted by molar-refractivity contribution is 5.68.